The van der Waals surface area contributed by atoms with E-state index in [1.165, 1.54) is 6.42 Å². The average molecular weight is 323 g/mol. The van der Waals surface area contributed by atoms with E-state index in [0.717, 1.165) is 32.1 Å². The molecule has 0 radical (unpaired) electrons. The third-order valence-electron chi connectivity index (χ3n) is 4.26. The van der Waals surface area contributed by atoms with Crippen molar-refractivity contribution in [2.24, 2.45) is 0 Å². The third kappa shape index (κ3) is 5.69. The largest absolute Gasteiger partial charge is 0.462 e. The molecule has 0 aromatic heterocycles. The van der Waals surface area contributed by atoms with Crippen molar-refractivity contribution in [1.82, 2.24) is 4.90 Å². The molecule has 1 saturated heterocycles. The molecule has 2 fully saturated rings. The number of nitrogens with zero attached hydrogens (tertiary/aromatic N) is 1. The summed E-state index contributed by atoms with van der Waals surface area (Å²) in [5.74, 6) is -0.929. The Morgan fingerprint density at radius 3 is 2.57 bits per heavy atom. The van der Waals surface area contributed by atoms with Crippen LogP contribution in [-0.2, 0) is 23.9 Å². The predicted octanol–water partition coefficient (Wildman–Crippen LogP) is 1.97. The van der Waals surface area contributed by atoms with Crippen LogP contribution in [0.1, 0.15) is 51.4 Å². The van der Waals surface area contributed by atoms with E-state index in [1.54, 1.807) is 4.90 Å². The van der Waals surface area contributed by atoms with E-state index in [2.05, 4.69) is 6.58 Å². The van der Waals surface area contributed by atoms with Crippen LogP contribution in [0, 0.1) is 0 Å². The molecule has 1 heterocycles. The smallest absolute Gasteiger partial charge is 0.334 e. The van der Waals surface area contributed by atoms with Gasteiger partial charge < -0.3 is 14.4 Å². The normalized spacial score (nSPS) is 18.8. The fourth-order valence-corrected chi connectivity index (χ4v) is 2.95. The fourth-order valence-electron chi connectivity index (χ4n) is 2.95. The first-order chi connectivity index (χ1) is 11.1. The van der Waals surface area contributed by atoms with Gasteiger partial charge in [0.25, 0.3) is 0 Å². The van der Waals surface area contributed by atoms with Crippen LogP contribution < -0.4 is 0 Å². The lowest BCUT2D eigenvalue weighted by molar-refractivity contribution is -0.151. The van der Waals surface area contributed by atoms with Crippen molar-refractivity contribution in [3.05, 3.63) is 12.2 Å². The summed E-state index contributed by atoms with van der Waals surface area (Å²) in [6, 6.07) is 0. The topological polar surface area (TPSA) is 72.9 Å². The first kappa shape index (κ1) is 17.5. The number of esters is 2. The van der Waals surface area contributed by atoms with Gasteiger partial charge in [-0.15, -0.1) is 0 Å². The zero-order valence-corrected chi connectivity index (χ0v) is 13.6. The second-order valence-corrected chi connectivity index (χ2v) is 6.15. The third-order valence-corrected chi connectivity index (χ3v) is 4.26. The minimum Gasteiger partial charge on any atom is -0.462 e. The Bertz CT molecular complexity index is 468. The summed E-state index contributed by atoms with van der Waals surface area (Å²) in [5.41, 5.74) is 0.0959. The van der Waals surface area contributed by atoms with Gasteiger partial charge in [-0.25, -0.2) is 4.79 Å². The highest BCUT2D eigenvalue weighted by molar-refractivity contribution is 5.93. The molecule has 23 heavy (non-hydrogen) atoms. The summed E-state index contributed by atoms with van der Waals surface area (Å²) in [5, 5.41) is 0. The molecule has 2 rings (SSSR count). The zero-order valence-electron chi connectivity index (χ0n) is 13.6. The van der Waals surface area contributed by atoms with Crippen LogP contribution in [-0.4, -0.2) is 48.5 Å². The van der Waals surface area contributed by atoms with Gasteiger partial charge in [0.1, 0.15) is 12.7 Å². The van der Waals surface area contributed by atoms with Crippen LogP contribution in [0.15, 0.2) is 12.2 Å². The molecule has 0 aromatic carbocycles. The van der Waals surface area contributed by atoms with E-state index < -0.39 is 11.9 Å². The number of hydrogen-bond donors (Lipinski definition) is 0. The van der Waals surface area contributed by atoms with Gasteiger partial charge in [0.15, 0.2) is 0 Å². The van der Waals surface area contributed by atoms with Gasteiger partial charge in [-0.05, 0) is 32.1 Å². The van der Waals surface area contributed by atoms with Crippen LogP contribution in [0.3, 0.4) is 0 Å². The highest BCUT2D eigenvalue weighted by Crippen LogP contribution is 2.21. The Hall–Kier alpha value is -1.85. The Kier molecular flexibility index (Phi) is 6.62. The van der Waals surface area contributed by atoms with Crippen molar-refractivity contribution >= 4 is 17.8 Å². The van der Waals surface area contributed by atoms with Gasteiger partial charge in [-0.2, -0.15) is 0 Å². The molecule has 1 aliphatic heterocycles. The van der Waals surface area contributed by atoms with Gasteiger partial charge in [-0.1, -0.05) is 13.0 Å². The van der Waals surface area contributed by atoms with Crippen molar-refractivity contribution in [1.29, 1.82) is 0 Å². The molecule has 0 bridgehead atoms. The van der Waals surface area contributed by atoms with Gasteiger partial charge in [0.2, 0.25) is 5.91 Å². The number of carbonyl (C=O) groups is 3. The highest BCUT2D eigenvalue weighted by atomic mass is 16.5. The molecule has 0 N–H and O–H groups in total. The molecule has 1 aliphatic carbocycles. The second kappa shape index (κ2) is 8.70. The molecular formula is C17H25NO5. The Balaban J connectivity index is 1.62. The first-order valence-corrected chi connectivity index (χ1v) is 8.38. The van der Waals surface area contributed by atoms with Crippen LogP contribution >= 0.6 is 0 Å². The zero-order chi connectivity index (χ0) is 16.7. The Labute approximate surface area is 136 Å². The quantitative estimate of drug-likeness (QED) is 0.529. The highest BCUT2D eigenvalue weighted by Gasteiger charge is 2.22. The number of amides is 1. The number of carbonyl (C=O) groups excluding carboxylic acids is 3. The van der Waals surface area contributed by atoms with Gasteiger partial charge in [0, 0.05) is 18.5 Å². The summed E-state index contributed by atoms with van der Waals surface area (Å²) in [6.45, 7) is 4.83. The number of likely N-dealkylation sites (tertiary alicyclic amines) is 1. The van der Waals surface area contributed by atoms with Crippen molar-refractivity contribution in [2.45, 2.75) is 57.5 Å². The van der Waals surface area contributed by atoms with Crippen molar-refractivity contribution in [3.8, 4) is 0 Å². The maximum absolute atomic E-state index is 11.8. The Morgan fingerprint density at radius 2 is 1.91 bits per heavy atom. The molecular weight excluding hydrogens is 298 g/mol. The van der Waals surface area contributed by atoms with E-state index in [0.29, 0.717) is 19.5 Å². The lowest BCUT2D eigenvalue weighted by Crippen LogP contribution is -2.29. The second-order valence-electron chi connectivity index (χ2n) is 6.15. The van der Waals surface area contributed by atoms with Crippen LogP contribution in [0.4, 0.5) is 0 Å². The summed E-state index contributed by atoms with van der Waals surface area (Å²) in [6.07, 6.45) is 6.39. The Morgan fingerprint density at radius 1 is 1.17 bits per heavy atom. The summed E-state index contributed by atoms with van der Waals surface area (Å²) in [7, 11) is 0. The van der Waals surface area contributed by atoms with Crippen molar-refractivity contribution < 1.29 is 23.9 Å². The van der Waals surface area contributed by atoms with Crippen LogP contribution in [0.25, 0.3) is 0 Å². The van der Waals surface area contributed by atoms with E-state index in [9.17, 15) is 14.4 Å². The molecule has 0 unspecified atom stereocenters. The molecule has 0 atom stereocenters. The lowest BCUT2D eigenvalue weighted by Gasteiger charge is -2.21. The van der Waals surface area contributed by atoms with Crippen LogP contribution in [0.2, 0.25) is 0 Å². The first-order valence-electron chi connectivity index (χ1n) is 8.38. The van der Waals surface area contributed by atoms with E-state index in [4.69, 9.17) is 9.47 Å². The van der Waals surface area contributed by atoms with E-state index in [1.807, 2.05) is 0 Å². The monoisotopic (exact) mass is 323 g/mol. The SMILES string of the molecule is C=C(CC(=O)OC1CCCCC1)C(=O)OCCN1CCCC1=O. The molecule has 0 aromatic rings. The molecule has 0 spiro atoms. The van der Waals surface area contributed by atoms with Gasteiger partial charge in [0.05, 0.1) is 13.0 Å². The van der Waals surface area contributed by atoms with E-state index in [-0.39, 0.29) is 30.6 Å². The number of hydrogen-bond acceptors (Lipinski definition) is 5. The summed E-state index contributed by atoms with van der Waals surface area (Å²) in [4.78, 5) is 36.7. The van der Waals surface area contributed by atoms with Crippen LogP contribution in [0.5, 0.6) is 0 Å². The molecule has 1 amide bonds. The lowest BCUT2D eigenvalue weighted by atomic mass is 9.98. The summed E-state index contributed by atoms with van der Waals surface area (Å²) >= 11 is 0. The predicted molar refractivity (Wildman–Crippen MR) is 83.5 cm³/mol. The maximum atomic E-state index is 11.8. The molecule has 128 valence electrons. The van der Waals surface area contributed by atoms with Crippen molar-refractivity contribution in [2.75, 3.05) is 19.7 Å². The van der Waals surface area contributed by atoms with Gasteiger partial charge in [-0.3, -0.25) is 9.59 Å². The maximum Gasteiger partial charge on any atom is 0.334 e. The standard InChI is InChI=1S/C17H25NO5/c1-13(12-16(20)23-14-6-3-2-4-7-14)17(21)22-11-10-18-9-5-8-15(18)19/h14H,1-12H2. The van der Waals surface area contributed by atoms with E-state index >= 15 is 0 Å². The average Bonchev–Trinajstić information content (AvgIpc) is 2.93. The molecule has 2 aliphatic rings. The van der Waals surface area contributed by atoms with Gasteiger partial charge >= 0.3 is 11.9 Å². The minimum atomic E-state index is -0.600. The number of rotatable bonds is 7. The fraction of sp³-hybridized carbons (Fsp3) is 0.706. The molecule has 6 heteroatoms. The molecule has 6 nitrogen and oxygen atoms in total. The minimum absolute atomic E-state index is 0.0266. The number of ether oxygens (including phenoxy) is 2. The molecule has 1 saturated carbocycles. The van der Waals surface area contributed by atoms with Crippen molar-refractivity contribution in [3.63, 3.8) is 0 Å². The summed E-state index contributed by atoms with van der Waals surface area (Å²) < 4.78 is 10.4.